The molecular formula is C10H15NO3. The molecule has 4 nitrogen and oxygen atoms in total. The van der Waals surface area contributed by atoms with Gasteiger partial charge in [0.25, 0.3) is 0 Å². The molecule has 0 bridgehead atoms. The Labute approximate surface area is 83.1 Å². The molecule has 4 N–H and O–H groups in total. The van der Waals surface area contributed by atoms with Crippen LogP contribution in [0.2, 0.25) is 0 Å². The quantitative estimate of drug-likeness (QED) is 0.777. The zero-order valence-corrected chi connectivity index (χ0v) is 8.36. The van der Waals surface area contributed by atoms with Crippen molar-refractivity contribution in [2.45, 2.75) is 19.4 Å². The van der Waals surface area contributed by atoms with E-state index in [-0.39, 0.29) is 6.15 Å². The Bertz CT molecular complexity index is 295. The van der Waals surface area contributed by atoms with Crippen molar-refractivity contribution in [2.24, 2.45) is 0 Å². The number of carbonyl (C=O) groups is 1. The molecule has 4 heteroatoms. The second-order valence-corrected chi connectivity index (χ2v) is 3.23. The Hall–Kier alpha value is -1.55. The number of carboxylic acid groups (broad SMARTS) is 1. The molecule has 1 rings (SSSR count). The fourth-order valence-electron chi connectivity index (χ4n) is 0.827. The molecule has 0 atom stereocenters. The minimum atomic E-state index is -1.18. The summed E-state index contributed by atoms with van der Waals surface area (Å²) in [6.07, 6.45) is 0. The van der Waals surface area contributed by atoms with Gasteiger partial charge in [-0.15, -0.1) is 0 Å². The molecule has 0 saturated heterocycles. The van der Waals surface area contributed by atoms with Crippen LogP contribution in [0.25, 0.3) is 0 Å². The van der Waals surface area contributed by atoms with Gasteiger partial charge in [0.2, 0.25) is 0 Å². The summed E-state index contributed by atoms with van der Waals surface area (Å²) in [5.41, 5.74) is -1.18. The maximum Gasteiger partial charge on any atom is 0.347 e. The average molecular weight is 197 g/mol. The van der Waals surface area contributed by atoms with Crippen LogP contribution >= 0.6 is 0 Å². The summed E-state index contributed by atoms with van der Waals surface area (Å²) in [7, 11) is 0. The van der Waals surface area contributed by atoms with Crippen LogP contribution in [0.3, 0.4) is 0 Å². The van der Waals surface area contributed by atoms with E-state index in [9.17, 15) is 4.79 Å². The Morgan fingerprint density at radius 2 is 1.79 bits per heavy atom. The van der Waals surface area contributed by atoms with Gasteiger partial charge >= 0.3 is 5.97 Å². The third kappa shape index (κ3) is 3.06. The smallest absolute Gasteiger partial charge is 0.347 e. The summed E-state index contributed by atoms with van der Waals surface area (Å²) < 4.78 is 5.26. The Kier molecular flexibility index (Phi) is 4.11. The molecule has 0 heterocycles. The summed E-state index contributed by atoms with van der Waals surface area (Å²) in [6.45, 7) is 3.03. The van der Waals surface area contributed by atoms with E-state index in [1.807, 2.05) is 6.07 Å². The molecule has 14 heavy (non-hydrogen) atoms. The number of rotatable bonds is 3. The van der Waals surface area contributed by atoms with Gasteiger partial charge in [-0.1, -0.05) is 18.2 Å². The zero-order valence-electron chi connectivity index (χ0n) is 8.36. The van der Waals surface area contributed by atoms with Crippen molar-refractivity contribution in [3.8, 4) is 5.75 Å². The van der Waals surface area contributed by atoms with Gasteiger partial charge in [0, 0.05) is 0 Å². The number of aliphatic carboxylic acids is 1. The highest BCUT2D eigenvalue weighted by Crippen LogP contribution is 2.17. The molecule has 78 valence electrons. The largest absolute Gasteiger partial charge is 0.478 e. The van der Waals surface area contributed by atoms with Gasteiger partial charge in [-0.25, -0.2) is 4.79 Å². The Morgan fingerprint density at radius 3 is 2.21 bits per heavy atom. The lowest BCUT2D eigenvalue weighted by Crippen LogP contribution is -2.37. The van der Waals surface area contributed by atoms with Gasteiger partial charge in [-0.05, 0) is 26.0 Å². The van der Waals surface area contributed by atoms with Crippen LogP contribution in [-0.2, 0) is 4.79 Å². The van der Waals surface area contributed by atoms with Crippen molar-refractivity contribution in [1.82, 2.24) is 6.15 Å². The molecule has 0 fully saturated rings. The normalized spacial score (nSPS) is 10.1. The van der Waals surface area contributed by atoms with Crippen molar-refractivity contribution in [1.29, 1.82) is 0 Å². The summed E-state index contributed by atoms with van der Waals surface area (Å²) in [4.78, 5) is 10.7. The highest BCUT2D eigenvalue weighted by Gasteiger charge is 2.29. The minimum Gasteiger partial charge on any atom is -0.478 e. The third-order valence-corrected chi connectivity index (χ3v) is 1.63. The van der Waals surface area contributed by atoms with Crippen LogP contribution in [0, 0.1) is 0 Å². The van der Waals surface area contributed by atoms with Gasteiger partial charge in [0.15, 0.2) is 5.60 Å². The van der Waals surface area contributed by atoms with E-state index in [0.717, 1.165) is 0 Å². The summed E-state index contributed by atoms with van der Waals surface area (Å²) in [5.74, 6) is -0.411. The molecule has 0 aromatic heterocycles. The van der Waals surface area contributed by atoms with E-state index in [1.165, 1.54) is 13.8 Å². The first-order chi connectivity index (χ1) is 6.02. The van der Waals surface area contributed by atoms with Crippen LogP contribution in [0.5, 0.6) is 5.75 Å². The predicted octanol–water partition coefficient (Wildman–Crippen LogP) is 2.09. The van der Waals surface area contributed by atoms with Crippen molar-refractivity contribution in [3.05, 3.63) is 30.3 Å². The van der Waals surface area contributed by atoms with E-state index in [0.29, 0.717) is 5.75 Å². The summed E-state index contributed by atoms with van der Waals surface area (Å²) >= 11 is 0. The molecule has 0 aliphatic rings. The average Bonchev–Trinajstić information content (AvgIpc) is 2.05. The lowest BCUT2D eigenvalue weighted by atomic mass is 10.1. The first-order valence-electron chi connectivity index (χ1n) is 4.00. The molecule has 0 unspecified atom stereocenters. The minimum absolute atomic E-state index is 0. The molecule has 0 spiro atoms. The van der Waals surface area contributed by atoms with Gasteiger partial charge < -0.3 is 16.0 Å². The highest BCUT2D eigenvalue weighted by molar-refractivity contribution is 5.76. The number of hydrogen-bond acceptors (Lipinski definition) is 3. The number of ether oxygens (including phenoxy) is 1. The fourth-order valence-corrected chi connectivity index (χ4v) is 0.827. The van der Waals surface area contributed by atoms with Crippen LogP contribution < -0.4 is 10.9 Å². The molecule has 0 aliphatic heterocycles. The second-order valence-electron chi connectivity index (χ2n) is 3.23. The van der Waals surface area contributed by atoms with Crippen molar-refractivity contribution in [3.63, 3.8) is 0 Å². The van der Waals surface area contributed by atoms with E-state index in [2.05, 4.69) is 0 Å². The molecule has 0 aliphatic carbocycles. The first kappa shape index (κ1) is 12.4. The molecule has 1 aromatic carbocycles. The number of hydrogen-bond donors (Lipinski definition) is 2. The molecule has 0 amide bonds. The van der Waals surface area contributed by atoms with Crippen LogP contribution in [0.1, 0.15) is 13.8 Å². The molecule has 0 radical (unpaired) electrons. The standard InChI is InChI=1S/C10H12O3.H3N/c1-10(2,9(11)12)13-8-6-4-3-5-7-8;/h3-7H,1-2H3,(H,11,12);1H3. The van der Waals surface area contributed by atoms with Gasteiger partial charge in [-0.3, -0.25) is 0 Å². The molecular weight excluding hydrogens is 182 g/mol. The van der Waals surface area contributed by atoms with Gasteiger partial charge in [-0.2, -0.15) is 0 Å². The first-order valence-corrected chi connectivity index (χ1v) is 4.00. The van der Waals surface area contributed by atoms with Gasteiger partial charge in [0.05, 0.1) is 0 Å². The van der Waals surface area contributed by atoms with Crippen molar-refractivity contribution >= 4 is 5.97 Å². The van der Waals surface area contributed by atoms with Gasteiger partial charge in [0.1, 0.15) is 5.75 Å². The van der Waals surface area contributed by atoms with Crippen LogP contribution in [0.4, 0.5) is 0 Å². The van der Waals surface area contributed by atoms with E-state index < -0.39 is 11.6 Å². The predicted molar refractivity (Wildman–Crippen MR) is 53.8 cm³/mol. The second kappa shape index (κ2) is 4.62. The number of benzene rings is 1. The lowest BCUT2D eigenvalue weighted by Gasteiger charge is -2.21. The summed E-state index contributed by atoms with van der Waals surface area (Å²) in [6, 6.07) is 8.90. The SMILES string of the molecule is CC(C)(Oc1ccccc1)C(=O)O.N. The highest BCUT2D eigenvalue weighted by atomic mass is 16.5. The van der Waals surface area contributed by atoms with E-state index in [4.69, 9.17) is 9.84 Å². The maximum atomic E-state index is 10.7. The third-order valence-electron chi connectivity index (χ3n) is 1.63. The van der Waals surface area contributed by atoms with Crippen molar-refractivity contribution < 1.29 is 14.6 Å². The monoisotopic (exact) mass is 197 g/mol. The van der Waals surface area contributed by atoms with E-state index >= 15 is 0 Å². The summed E-state index contributed by atoms with van der Waals surface area (Å²) in [5, 5.41) is 8.78. The van der Waals surface area contributed by atoms with Crippen molar-refractivity contribution in [2.75, 3.05) is 0 Å². The number of carboxylic acids is 1. The lowest BCUT2D eigenvalue weighted by molar-refractivity contribution is -0.152. The Morgan fingerprint density at radius 1 is 1.29 bits per heavy atom. The van der Waals surface area contributed by atoms with Crippen LogP contribution in [0.15, 0.2) is 30.3 Å². The fraction of sp³-hybridized carbons (Fsp3) is 0.300. The van der Waals surface area contributed by atoms with Crippen LogP contribution in [-0.4, -0.2) is 16.7 Å². The Balaban J connectivity index is 0.00000169. The zero-order chi connectivity index (χ0) is 9.90. The molecule has 1 aromatic rings. The maximum absolute atomic E-state index is 10.7. The topological polar surface area (TPSA) is 81.5 Å². The molecule has 0 saturated carbocycles. The number of para-hydroxylation sites is 1. The van der Waals surface area contributed by atoms with E-state index in [1.54, 1.807) is 24.3 Å².